The molecule has 0 saturated carbocycles. The van der Waals surface area contributed by atoms with Gasteiger partial charge < -0.3 is 34.0 Å². The van der Waals surface area contributed by atoms with Gasteiger partial charge in [0, 0.05) is 47.9 Å². The van der Waals surface area contributed by atoms with Crippen molar-refractivity contribution in [2.75, 3.05) is 0 Å². The van der Waals surface area contributed by atoms with E-state index in [1.54, 1.807) is 0 Å². The third-order valence-corrected chi connectivity index (χ3v) is 5.87. The molecule has 2 aromatic heterocycles. The predicted octanol–water partition coefficient (Wildman–Crippen LogP) is 0.00690. The van der Waals surface area contributed by atoms with E-state index in [4.69, 9.17) is 0 Å². The Morgan fingerprint density at radius 1 is 0.419 bits per heavy atom. The van der Waals surface area contributed by atoms with Crippen molar-refractivity contribution in [2.24, 2.45) is 0 Å². The maximum atomic E-state index is 2.40. The largest absolute Gasteiger partial charge is 1.00 e. The summed E-state index contributed by atoms with van der Waals surface area (Å²) in [6, 6.07) is 26.1. The summed E-state index contributed by atoms with van der Waals surface area (Å²) in [6.45, 7) is 2.25. The number of hydrogen-bond donors (Lipinski definition) is 0. The fraction of sp³-hybridized carbons (Fsp3) is 0.333. The van der Waals surface area contributed by atoms with Crippen molar-refractivity contribution in [3.63, 3.8) is 0 Å². The second-order valence-corrected chi connectivity index (χ2v) is 8.00. The summed E-state index contributed by atoms with van der Waals surface area (Å²) in [5.41, 5.74) is 2.70. The molecule has 0 amide bonds. The molecule has 4 aromatic rings. The summed E-state index contributed by atoms with van der Waals surface area (Å²) in [5.74, 6) is 0. The number of nitrogens with zero attached hydrogens (tertiary/aromatic N) is 2. The van der Waals surface area contributed by atoms with Crippen LogP contribution in [0.2, 0.25) is 0 Å². The number of fused-ring (bicyclic) bond motifs is 2. The monoisotopic (exact) mass is 542 g/mol. The maximum Gasteiger partial charge on any atom is 0.212 e. The Labute approximate surface area is 207 Å². The van der Waals surface area contributed by atoms with Crippen LogP contribution in [0.25, 0.3) is 21.8 Å². The van der Waals surface area contributed by atoms with E-state index in [1.807, 2.05) is 0 Å². The Kier molecular flexibility index (Phi) is 11.2. The van der Waals surface area contributed by atoms with Gasteiger partial charge in [-0.25, -0.2) is 0 Å². The van der Waals surface area contributed by atoms with Crippen molar-refractivity contribution in [1.82, 2.24) is 0 Å². The number of halogens is 2. The van der Waals surface area contributed by atoms with E-state index in [1.165, 1.54) is 66.8 Å². The maximum absolute atomic E-state index is 2.40. The van der Waals surface area contributed by atoms with Gasteiger partial charge in [0.25, 0.3) is 0 Å². The van der Waals surface area contributed by atoms with E-state index >= 15 is 0 Å². The van der Waals surface area contributed by atoms with E-state index in [9.17, 15) is 0 Å². The molecule has 2 heterocycles. The lowest BCUT2D eigenvalue weighted by atomic mass is 10.1. The second kappa shape index (κ2) is 13.6. The molecule has 2 nitrogen and oxygen atoms in total. The van der Waals surface area contributed by atoms with Crippen molar-refractivity contribution in [3.8, 4) is 0 Å². The van der Waals surface area contributed by atoms with Crippen LogP contribution in [0.15, 0.2) is 85.2 Å². The van der Waals surface area contributed by atoms with E-state index in [-0.39, 0.29) is 34.0 Å². The highest BCUT2D eigenvalue weighted by Gasteiger charge is 2.08. The first-order valence-electron chi connectivity index (χ1n) is 11.2. The van der Waals surface area contributed by atoms with Crippen molar-refractivity contribution < 1.29 is 43.1 Å². The smallest absolute Gasteiger partial charge is 0.212 e. The zero-order chi connectivity index (χ0) is 19.7. The van der Waals surface area contributed by atoms with Gasteiger partial charge >= 0.3 is 0 Å². The van der Waals surface area contributed by atoms with Crippen LogP contribution in [0.3, 0.4) is 0 Å². The Morgan fingerprint density at radius 3 is 1.23 bits per heavy atom. The van der Waals surface area contributed by atoms with Gasteiger partial charge in [-0.05, 0) is 37.1 Å². The topological polar surface area (TPSA) is 7.76 Å². The first-order valence-corrected chi connectivity index (χ1v) is 11.2. The predicted molar refractivity (Wildman–Crippen MR) is 121 cm³/mol. The molecule has 0 N–H and O–H groups in total. The summed E-state index contributed by atoms with van der Waals surface area (Å²) >= 11 is 0. The van der Waals surface area contributed by atoms with Gasteiger partial charge in [-0.3, -0.25) is 0 Å². The van der Waals surface area contributed by atoms with Gasteiger partial charge in [0.2, 0.25) is 11.0 Å². The zero-order valence-electron chi connectivity index (χ0n) is 18.1. The zero-order valence-corrected chi connectivity index (χ0v) is 21.3. The molecule has 0 aliphatic rings. The Balaban J connectivity index is 0.00000171. The number of rotatable bonds is 10. The quantitative estimate of drug-likeness (QED) is 0.197. The molecule has 0 saturated heterocycles. The molecule has 164 valence electrons. The van der Waals surface area contributed by atoms with Crippen LogP contribution in [-0.2, 0) is 13.1 Å². The van der Waals surface area contributed by atoms with Crippen LogP contribution in [0.1, 0.15) is 44.9 Å². The van der Waals surface area contributed by atoms with E-state index in [0.29, 0.717) is 0 Å². The standard InChI is InChI=1S/C27H32N2.2BrH/c1(2-4-10-20-28-22-12-16-24-14-6-8-18-26(24)28)3-5-11-21-29-23-13-17-25-15-7-9-19-27(25)29;;/h6-9,12-19,22-23H,1-5,10-11,20-21H2;2*1H/q+2;;/p-2. The number of hydrogen-bond acceptors (Lipinski definition) is 0. The first kappa shape index (κ1) is 25.5. The lowest BCUT2D eigenvalue weighted by molar-refractivity contribution is -0.672. The molecule has 2 aromatic carbocycles. The SMILES string of the molecule is [Br-].[Br-].c1ccc2c(c1)ccc[n+]2CCCCCCCCC[n+]1cccc2ccccc21. The number of para-hydroxylation sites is 2. The molecule has 0 aliphatic carbocycles. The molecular formula is C27H32Br2N2. The first-order chi connectivity index (χ1) is 14.4. The van der Waals surface area contributed by atoms with Gasteiger partial charge in [-0.2, -0.15) is 9.13 Å². The minimum atomic E-state index is 0. The van der Waals surface area contributed by atoms with Gasteiger partial charge in [0.05, 0.1) is 0 Å². The van der Waals surface area contributed by atoms with Crippen molar-refractivity contribution >= 4 is 21.8 Å². The Hall–Kier alpha value is -1.78. The fourth-order valence-corrected chi connectivity index (χ4v) is 4.28. The summed E-state index contributed by atoms with van der Waals surface area (Å²) < 4.78 is 4.80. The van der Waals surface area contributed by atoms with Crippen LogP contribution in [-0.4, -0.2) is 0 Å². The van der Waals surface area contributed by atoms with Crippen LogP contribution < -0.4 is 43.1 Å². The number of unbranched alkanes of at least 4 members (excludes halogenated alkanes) is 6. The van der Waals surface area contributed by atoms with Gasteiger partial charge in [0.15, 0.2) is 12.4 Å². The highest BCUT2D eigenvalue weighted by atomic mass is 79.9. The number of benzene rings is 2. The van der Waals surface area contributed by atoms with Crippen molar-refractivity contribution in [2.45, 2.75) is 58.0 Å². The Bertz CT molecular complexity index is 969. The van der Waals surface area contributed by atoms with Gasteiger partial charge in [-0.15, -0.1) is 0 Å². The van der Waals surface area contributed by atoms with E-state index < -0.39 is 0 Å². The molecule has 0 radical (unpaired) electrons. The minimum Gasteiger partial charge on any atom is -1.00 e. The van der Waals surface area contributed by atoms with Crippen LogP contribution in [0.5, 0.6) is 0 Å². The van der Waals surface area contributed by atoms with Gasteiger partial charge in [-0.1, -0.05) is 43.5 Å². The Morgan fingerprint density at radius 2 is 0.774 bits per heavy atom. The number of aryl methyl sites for hydroxylation is 2. The van der Waals surface area contributed by atoms with E-state index in [0.717, 1.165) is 13.1 Å². The van der Waals surface area contributed by atoms with E-state index in [2.05, 4.69) is 94.3 Å². The molecule has 31 heavy (non-hydrogen) atoms. The highest BCUT2D eigenvalue weighted by molar-refractivity contribution is 5.75. The molecule has 0 spiro atoms. The van der Waals surface area contributed by atoms with Crippen LogP contribution in [0, 0.1) is 0 Å². The average Bonchev–Trinajstić information content (AvgIpc) is 2.78. The normalized spacial score (nSPS) is 10.6. The second-order valence-electron chi connectivity index (χ2n) is 8.00. The van der Waals surface area contributed by atoms with Crippen LogP contribution >= 0.6 is 0 Å². The molecule has 0 atom stereocenters. The molecular weight excluding hydrogens is 512 g/mol. The third-order valence-electron chi connectivity index (χ3n) is 5.87. The van der Waals surface area contributed by atoms with Crippen molar-refractivity contribution in [3.05, 3.63) is 85.2 Å². The number of pyridine rings is 2. The highest BCUT2D eigenvalue weighted by Crippen LogP contribution is 2.11. The molecule has 4 rings (SSSR count). The molecule has 0 fully saturated rings. The lowest BCUT2D eigenvalue weighted by Gasteiger charge is -2.03. The summed E-state index contributed by atoms with van der Waals surface area (Å²) in [6.07, 6.45) is 13.7. The van der Waals surface area contributed by atoms with Gasteiger partial charge in [0.1, 0.15) is 13.1 Å². The lowest BCUT2D eigenvalue weighted by Crippen LogP contribution is -3.00. The molecule has 4 heteroatoms. The summed E-state index contributed by atoms with van der Waals surface area (Å²) in [4.78, 5) is 0. The fourth-order valence-electron chi connectivity index (χ4n) is 4.28. The number of aromatic nitrogens is 2. The van der Waals surface area contributed by atoms with Crippen molar-refractivity contribution in [1.29, 1.82) is 0 Å². The molecule has 0 aliphatic heterocycles. The molecule has 0 unspecified atom stereocenters. The third kappa shape index (κ3) is 7.11. The minimum absolute atomic E-state index is 0. The molecule has 0 bridgehead atoms. The van der Waals surface area contributed by atoms with Crippen LogP contribution in [0.4, 0.5) is 0 Å². The summed E-state index contributed by atoms with van der Waals surface area (Å²) in [5, 5.41) is 2.66. The average molecular weight is 544 g/mol. The summed E-state index contributed by atoms with van der Waals surface area (Å²) in [7, 11) is 0.